The Morgan fingerprint density at radius 1 is 0.462 bits per heavy atom. The van der Waals surface area contributed by atoms with Gasteiger partial charge in [0.2, 0.25) is 35.6 Å². The molecule has 0 N–H and O–H groups in total. The third kappa shape index (κ3) is 7.27. The van der Waals surface area contributed by atoms with E-state index < -0.39 is 0 Å². The Morgan fingerprint density at radius 2 is 0.692 bits per heavy atom. The van der Waals surface area contributed by atoms with Crippen LogP contribution in [0.3, 0.4) is 0 Å². The van der Waals surface area contributed by atoms with Crippen molar-refractivity contribution in [3.8, 4) is 0 Å². The van der Waals surface area contributed by atoms with Gasteiger partial charge in [0.15, 0.2) is 0 Å². The molecule has 0 spiro atoms. The second-order valence-electron chi connectivity index (χ2n) is 10.6. The van der Waals surface area contributed by atoms with E-state index >= 15 is 0 Å². The summed E-state index contributed by atoms with van der Waals surface area (Å²) < 4.78 is 0. The summed E-state index contributed by atoms with van der Waals surface area (Å²) in [5.41, 5.74) is 0. The second-order valence-corrected chi connectivity index (χ2v) is 10.6. The molecule has 216 valence electrons. The first kappa shape index (κ1) is 28.8. The summed E-state index contributed by atoms with van der Waals surface area (Å²) in [5, 5.41) is 0. The van der Waals surface area contributed by atoms with E-state index in [1.807, 2.05) is 35.5 Å². The molecule has 4 rings (SSSR count). The number of rotatable bonds is 9. The molecule has 3 saturated heterocycles. The van der Waals surface area contributed by atoms with Crippen molar-refractivity contribution in [2.24, 2.45) is 0 Å². The summed E-state index contributed by atoms with van der Waals surface area (Å²) in [6.45, 7) is 14.1. The largest absolute Gasteiger partial charge is 0.339 e. The molecule has 3 aliphatic heterocycles. The highest BCUT2D eigenvalue weighted by molar-refractivity contribution is 5.77. The highest BCUT2D eigenvalue weighted by Gasteiger charge is 2.29. The topological polar surface area (TPSA) is 109 Å². The molecule has 3 fully saturated rings. The van der Waals surface area contributed by atoms with Crippen molar-refractivity contribution in [2.45, 2.75) is 59.3 Å². The molecule has 12 heteroatoms. The van der Waals surface area contributed by atoms with E-state index in [1.54, 1.807) is 0 Å². The van der Waals surface area contributed by atoms with Crippen molar-refractivity contribution < 1.29 is 14.4 Å². The zero-order valence-corrected chi connectivity index (χ0v) is 24.0. The van der Waals surface area contributed by atoms with Crippen LogP contribution in [0.5, 0.6) is 0 Å². The molecule has 12 nitrogen and oxygen atoms in total. The Kier molecular flexibility index (Phi) is 10.2. The van der Waals surface area contributed by atoms with Gasteiger partial charge in [0.05, 0.1) is 0 Å². The second kappa shape index (κ2) is 13.7. The van der Waals surface area contributed by atoms with Crippen LogP contribution in [0.15, 0.2) is 0 Å². The molecule has 0 aliphatic carbocycles. The molecule has 0 unspecified atom stereocenters. The maximum atomic E-state index is 12.4. The number of piperazine rings is 3. The van der Waals surface area contributed by atoms with Crippen molar-refractivity contribution in [3.05, 3.63) is 0 Å². The van der Waals surface area contributed by atoms with Crippen molar-refractivity contribution in [1.29, 1.82) is 0 Å². The highest BCUT2D eigenvalue weighted by atomic mass is 16.2. The molecular formula is C27H45N9O3. The van der Waals surface area contributed by atoms with Crippen LogP contribution in [0.2, 0.25) is 0 Å². The van der Waals surface area contributed by atoms with Crippen molar-refractivity contribution in [2.75, 3.05) is 93.2 Å². The standard InChI is InChI=1S/C27H45N9O3/c1-4-7-22(37)31-10-16-34(17-11-31)25-28-26(35-18-12-32(13-19-35)23(38)8-5-2)30-27(29-25)36-20-14-33(15-21-36)24(39)9-6-3/h4-21H2,1-3H3. The Labute approximate surface area is 232 Å². The smallest absolute Gasteiger partial charge is 0.232 e. The molecule has 0 aromatic carbocycles. The quantitative estimate of drug-likeness (QED) is 0.454. The average Bonchev–Trinajstić information content (AvgIpc) is 2.97. The van der Waals surface area contributed by atoms with Crippen molar-refractivity contribution in [1.82, 2.24) is 29.7 Å². The minimum atomic E-state index is 0.208. The Balaban J connectivity index is 1.49. The van der Waals surface area contributed by atoms with E-state index in [0.717, 1.165) is 19.3 Å². The van der Waals surface area contributed by atoms with Crippen LogP contribution in [0.25, 0.3) is 0 Å². The van der Waals surface area contributed by atoms with Gasteiger partial charge in [-0.25, -0.2) is 0 Å². The first-order chi connectivity index (χ1) is 18.9. The van der Waals surface area contributed by atoms with Crippen LogP contribution >= 0.6 is 0 Å². The number of nitrogens with zero attached hydrogens (tertiary/aromatic N) is 9. The predicted molar refractivity (Wildman–Crippen MR) is 151 cm³/mol. The van der Waals surface area contributed by atoms with E-state index in [1.165, 1.54) is 0 Å². The van der Waals surface area contributed by atoms with Crippen LogP contribution < -0.4 is 14.7 Å². The van der Waals surface area contributed by atoms with Crippen molar-refractivity contribution in [3.63, 3.8) is 0 Å². The van der Waals surface area contributed by atoms with E-state index in [0.29, 0.717) is 116 Å². The first-order valence-electron chi connectivity index (χ1n) is 14.8. The molecule has 39 heavy (non-hydrogen) atoms. The molecule has 0 bridgehead atoms. The number of aromatic nitrogens is 3. The molecule has 0 atom stereocenters. The van der Waals surface area contributed by atoms with Crippen LogP contribution in [-0.2, 0) is 14.4 Å². The molecule has 3 amide bonds. The van der Waals surface area contributed by atoms with Gasteiger partial charge in [-0.2, -0.15) is 15.0 Å². The van der Waals surface area contributed by atoms with Crippen molar-refractivity contribution >= 4 is 35.6 Å². The molecule has 4 heterocycles. The number of hydrogen-bond donors (Lipinski definition) is 0. The van der Waals surface area contributed by atoms with Crippen LogP contribution in [0, 0.1) is 0 Å². The van der Waals surface area contributed by atoms with Gasteiger partial charge in [-0.3, -0.25) is 14.4 Å². The number of amides is 3. The fourth-order valence-electron chi connectivity index (χ4n) is 5.35. The lowest BCUT2D eigenvalue weighted by Gasteiger charge is -2.38. The number of anilines is 3. The Bertz CT molecular complexity index is 847. The van der Waals surface area contributed by atoms with Gasteiger partial charge in [-0.05, 0) is 19.3 Å². The molecule has 3 aliphatic rings. The third-order valence-corrected chi connectivity index (χ3v) is 7.74. The van der Waals surface area contributed by atoms with Gasteiger partial charge in [-0.1, -0.05) is 20.8 Å². The minimum absolute atomic E-state index is 0.208. The third-order valence-electron chi connectivity index (χ3n) is 7.74. The SMILES string of the molecule is CCCC(=O)N1CCN(c2nc(N3CCN(C(=O)CCC)CC3)nc(N3CCN(C(=O)CCC)CC3)n2)CC1. The van der Waals surface area contributed by atoms with Gasteiger partial charge in [0, 0.05) is 97.8 Å². The van der Waals surface area contributed by atoms with Crippen LogP contribution in [0.1, 0.15) is 59.3 Å². The van der Waals surface area contributed by atoms with E-state index in [2.05, 4.69) is 14.7 Å². The summed E-state index contributed by atoms with van der Waals surface area (Å²) in [6.07, 6.45) is 4.31. The molecule has 0 saturated carbocycles. The fourth-order valence-corrected chi connectivity index (χ4v) is 5.35. The number of carbonyl (C=O) groups is 3. The lowest BCUT2D eigenvalue weighted by Crippen LogP contribution is -2.51. The van der Waals surface area contributed by atoms with Gasteiger partial charge in [0.1, 0.15) is 0 Å². The zero-order valence-electron chi connectivity index (χ0n) is 24.0. The predicted octanol–water partition coefficient (Wildman–Crippen LogP) is 1.22. The number of hydrogen-bond acceptors (Lipinski definition) is 9. The Hall–Kier alpha value is -3.18. The monoisotopic (exact) mass is 543 g/mol. The fraction of sp³-hybridized carbons (Fsp3) is 0.778. The van der Waals surface area contributed by atoms with Gasteiger partial charge >= 0.3 is 0 Å². The first-order valence-corrected chi connectivity index (χ1v) is 14.8. The van der Waals surface area contributed by atoms with Crippen LogP contribution in [-0.4, -0.2) is 126 Å². The normalized spacial score (nSPS) is 18.5. The zero-order chi connectivity index (χ0) is 27.8. The summed E-state index contributed by atoms with van der Waals surface area (Å²) in [6, 6.07) is 0. The lowest BCUT2D eigenvalue weighted by atomic mass is 10.2. The van der Waals surface area contributed by atoms with E-state index in [9.17, 15) is 14.4 Å². The lowest BCUT2D eigenvalue weighted by molar-refractivity contribution is -0.132. The summed E-state index contributed by atoms with van der Waals surface area (Å²) >= 11 is 0. The molecule has 1 aromatic rings. The number of carbonyl (C=O) groups excluding carboxylic acids is 3. The summed E-state index contributed by atoms with van der Waals surface area (Å²) in [5.74, 6) is 2.52. The summed E-state index contributed by atoms with van der Waals surface area (Å²) in [4.78, 5) is 64.1. The molecule has 0 radical (unpaired) electrons. The van der Waals surface area contributed by atoms with E-state index in [4.69, 9.17) is 15.0 Å². The highest BCUT2D eigenvalue weighted by Crippen LogP contribution is 2.23. The maximum Gasteiger partial charge on any atom is 0.232 e. The molecular weight excluding hydrogens is 498 g/mol. The van der Waals surface area contributed by atoms with Crippen LogP contribution in [0.4, 0.5) is 17.8 Å². The molecule has 1 aromatic heterocycles. The van der Waals surface area contributed by atoms with Gasteiger partial charge < -0.3 is 29.4 Å². The van der Waals surface area contributed by atoms with E-state index in [-0.39, 0.29) is 17.7 Å². The average molecular weight is 544 g/mol. The Morgan fingerprint density at radius 3 is 0.897 bits per heavy atom. The maximum absolute atomic E-state index is 12.4. The van der Waals surface area contributed by atoms with Gasteiger partial charge in [-0.15, -0.1) is 0 Å². The minimum Gasteiger partial charge on any atom is -0.339 e. The van der Waals surface area contributed by atoms with Gasteiger partial charge in [0.25, 0.3) is 0 Å². The summed E-state index contributed by atoms with van der Waals surface area (Å²) in [7, 11) is 0.